The van der Waals surface area contributed by atoms with E-state index in [9.17, 15) is 4.79 Å². The molecule has 1 heterocycles. The van der Waals surface area contributed by atoms with Crippen molar-refractivity contribution < 1.29 is 4.79 Å². The largest absolute Gasteiger partial charge is 0.350 e. The Morgan fingerprint density at radius 3 is 2.81 bits per heavy atom. The number of carbonyl (C=O) groups is 1. The molecule has 1 rings (SSSR count). The summed E-state index contributed by atoms with van der Waals surface area (Å²) in [5.74, 6) is -0.141. The van der Waals surface area contributed by atoms with Crippen LogP contribution in [0.3, 0.4) is 0 Å². The Hall–Kier alpha value is -1.36. The number of amides is 1. The minimum atomic E-state index is -0.141. The summed E-state index contributed by atoms with van der Waals surface area (Å²) < 4.78 is 0. The number of carbonyl (C=O) groups excluding carboxylic acids is 1. The maximum atomic E-state index is 11.5. The number of nitrogens with one attached hydrogen (secondary N) is 2. The van der Waals surface area contributed by atoms with Crippen molar-refractivity contribution in [1.29, 1.82) is 0 Å². The highest BCUT2D eigenvalue weighted by Gasteiger charge is 2.16. The lowest BCUT2D eigenvalue weighted by atomic mass is 9.88. The summed E-state index contributed by atoms with van der Waals surface area (Å²) in [5, 5.41) is 9.09. The highest BCUT2D eigenvalue weighted by molar-refractivity contribution is 5.93. The first-order valence-corrected chi connectivity index (χ1v) is 5.41. The van der Waals surface area contributed by atoms with Crippen molar-refractivity contribution in [3.05, 3.63) is 18.0 Å². The predicted octanol–water partition coefficient (Wildman–Crippen LogP) is 0.903. The van der Waals surface area contributed by atoms with E-state index in [4.69, 9.17) is 5.73 Å². The van der Waals surface area contributed by atoms with Crippen LogP contribution in [0.5, 0.6) is 0 Å². The first-order chi connectivity index (χ1) is 7.38. The molecule has 1 amide bonds. The molecule has 0 spiro atoms. The van der Waals surface area contributed by atoms with Crippen molar-refractivity contribution in [2.75, 3.05) is 6.54 Å². The van der Waals surface area contributed by atoms with Crippen molar-refractivity contribution in [2.24, 2.45) is 11.1 Å². The molecule has 1 atom stereocenters. The zero-order chi connectivity index (χ0) is 12.2. The van der Waals surface area contributed by atoms with Gasteiger partial charge in [0.15, 0.2) is 0 Å². The number of aromatic amines is 1. The predicted molar refractivity (Wildman–Crippen MR) is 63.0 cm³/mol. The van der Waals surface area contributed by atoms with Crippen molar-refractivity contribution in [3.8, 4) is 0 Å². The van der Waals surface area contributed by atoms with E-state index in [1.54, 1.807) is 6.20 Å². The van der Waals surface area contributed by atoms with Crippen LogP contribution in [0.2, 0.25) is 0 Å². The molecule has 1 unspecified atom stereocenters. The molecule has 0 aliphatic heterocycles. The van der Waals surface area contributed by atoms with E-state index < -0.39 is 0 Å². The van der Waals surface area contributed by atoms with E-state index in [0.717, 1.165) is 6.42 Å². The number of rotatable bonds is 4. The molecule has 1 aromatic heterocycles. The second-order valence-corrected chi connectivity index (χ2v) is 5.22. The Morgan fingerprint density at radius 1 is 1.62 bits per heavy atom. The Balaban J connectivity index is 2.32. The number of hydrogen-bond acceptors (Lipinski definition) is 3. The van der Waals surface area contributed by atoms with Crippen molar-refractivity contribution in [2.45, 2.75) is 33.2 Å². The molecule has 0 aliphatic rings. The number of H-pyrrole nitrogens is 1. The average molecular weight is 224 g/mol. The smallest absolute Gasteiger partial charge is 0.254 e. The van der Waals surface area contributed by atoms with Gasteiger partial charge in [-0.15, -0.1) is 0 Å². The molecular weight excluding hydrogens is 204 g/mol. The fraction of sp³-hybridized carbons (Fsp3) is 0.636. The standard InChI is InChI=1S/C11H20N4O/c1-11(2,3)4-9(12)7-13-10(16)8-5-14-15-6-8/h5-6,9H,4,7,12H2,1-3H3,(H,13,16)(H,14,15). The third-order valence-electron chi connectivity index (χ3n) is 2.16. The summed E-state index contributed by atoms with van der Waals surface area (Å²) in [6.07, 6.45) is 3.92. The van der Waals surface area contributed by atoms with Crippen LogP contribution in [0.15, 0.2) is 12.4 Å². The highest BCUT2D eigenvalue weighted by Crippen LogP contribution is 2.19. The topological polar surface area (TPSA) is 83.8 Å². The van der Waals surface area contributed by atoms with Gasteiger partial charge in [0.2, 0.25) is 0 Å². The Bertz CT molecular complexity index is 326. The normalized spacial score (nSPS) is 13.5. The van der Waals surface area contributed by atoms with E-state index in [1.165, 1.54) is 6.20 Å². The maximum absolute atomic E-state index is 11.5. The van der Waals surface area contributed by atoms with Gasteiger partial charge in [-0.3, -0.25) is 9.89 Å². The number of nitrogens with zero attached hydrogens (tertiary/aromatic N) is 1. The van der Waals surface area contributed by atoms with Gasteiger partial charge in [-0.05, 0) is 11.8 Å². The van der Waals surface area contributed by atoms with Crippen LogP contribution >= 0.6 is 0 Å². The molecule has 0 aliphatic carbocycles. The first-order valence-electron chi connectivity index (χ1n) is 5.41. The first kappa shape index (κ1) is 12.7. The zero-order valence-corrected chi connectivity index (χ0v) is 10.1. The molecule has 4 N–H and O–H groups in total. The number of nitrogens with two attached hydrogens (primary N) is 1. The monoisotopic (exact) mass is 224 g/mol. The third-order valence-corrected chi connectivity index (χ3v) is 2.16. The van der Waals surface area contributed by atoms with Crippen LogP contribution in [-0.4, -0.2) is 28.7 Å². The molecule has 90 valence electrons. The van der Waals surface area contributed by atoms with Crippen LogP contribution in [0.25, 0.3) is 0 Å². The van der Waals surface area contributed by atoms with Gasteiger partial charge in [0, 0.05) is 18.8 Å². The molecule has 0 bridgehead atoms. The number of aromatic nitrogens is 2. The van der Waals surface area contributed by atoms with Crippen LogP contribution in [-0.2, 0) is 0 Å². The van der Waals surface area contributed by atoms with Crippen molar-refractivity contribution >= 4 is 5.91 Å². The summed E-state index contributed by atoms with van der Waals surface area (Å²) in [5.41, 5.74) is 6.63. The van der Waals surface area contributed by atoms with Gasteiger partial charge in [0.05, 0.1) is 11.8 Å². The Labute approximate surface area is 95.8 Å². The molecule has 0 radical (unpaired) electrons. The Morgan fingerprint density at radius 2 is 2.31 bits per heavy atom. The van der Waals surface area contributed by atoms with E-state index in [0.29, 0.717) is 12.1 Å². The minimum Gasteiger partial charge on any atom is -0.350 e. The summed E-state index contributed by atoms with van der Waals surface area (Å²) in [4.78, 5) is 11.5. The summed E-state index contributed by atoms with van der Waals surface area (Å²) in [6.45, 7) is 6.88. The lowest BCUT2D eigenvalue weighted by Crippen LogP contribution is -2.39. The van der Waals surface area contributed by atoms with E-state index in [1.807, 2.05) is 0 Å². The van der Waals surface area contributed by atoms with E-state index in [-0.39, 0.29) is 17.4 Å². The molecular formula is C11H20N4O. The Kier molecular flexibility index (Phi) is 4.06. The van der Waals surface area contributed by atoms with Gasteiger partial charge in [0.1, 0.15) is 0 Å². The van der Waals surface area contributed by atoms with Gasteiger partial charge in [0.25, 0.3) is 5.91 Å². The van der Waals surface area contributed by atoms with E-state index in [2.05, 4.69) is 36.3 Å². The maximum Gasteiger partial charge on any atom is 0.254 e. The quantitative estimate of drug-likeness (QED) is 0.710. The second kappa shape index (κ2) is 5.12. The lowest BCUT2D eigenvalue weighted by molar-refractivity contribution is 0.0949. The fourth-order valence-electron chi connectivity index (χ4n) is 1.56. The van der Waals surface area contributed by atoms with Crippen molar-refractivity contribution in [3.63, 3.8) is 0 Å². The molecule has 5 heteroatoms. The van der Waals surface area contributed by atoms with Gasteiger partial charge >= 0.3 is 0 Å². The van der Waals surface area contributed by atoms with Crippen LogP contribution in [0.1, 0.15) is 37.6 Å². The van der Waals surface area contributed by atoms with E-state index >= 15 is 0 Å². The summed E-state index contributed by atoms with van der Waals surface area (Å²) >= 11 is 0. The second-order valence-electron chi connectivity index (χ2n) is 5.22. The highest BCUT2D eigenvalue weighted by atomic mass is 16.1. The van der Waals surface area contributed by atoms with Gasteiger partial charge in [-0.1, -0.05) is 20.8 Å². The van der Waals surface area contributed by atoms with Gasteiger partial charge < -0.3 is 11.1 Å². The fourth-order valence-corrected chi connectivity index (χ4v) is 1.56. The molecule has 16 heavy (non-hydrogen) atoms. The minimum absolute atomic E-state index is 0.0177. The zero-order valence-electron chi connectivity index (χ0n) is 10.1. The van der Waals surface area contributed by atoms with Crippen LogP contribution in [0.4, 0.5) is 0 Å². The average Bonchev–Trinajstić information content (AvgIpc) is 2.64. The molecule has 0 saturated carbocycles. The SMILES string of the molecule is CC(C)(C)CC(N)CNC(=O)c1cn[nH]c1. The van der Waals surface area contributed by atoms with Crippen LogP contribution < -0.4 is 11.1 Å². The third kappa shape index (κ3) is 4.44. The summed E-state index contributed by atoms with van der Waals surface area (Å²) in [6, 6.07) is -0.0177. The summed E-state index contributed by atoms with van der Waals surface area (Å²) in [7, 11) is 0. The molecule has 5 nitrogen and oxygen atoms in total. The molecule has 1 aromatic rings. The molecule has 0 aromatic carbocycles. The number of hydrogen-bond donors (Lipinski definition) is 3. The van der Waals surface area contributed by atoms with Crippen molar-refractivity contribution in [1.82, 2.24) is 15.5 Å². The lowest BCUT2D eigenvalue weighted by Gasteiger charge is -2.23. The van der Waals surface area contributed by atoms with Gasteiger partial charge in [-0.2, -0.15) is 5.10 Å². The molecule has 0 fully saturated rings. The van der Waals surface area contributed by atoms with Gasteiger partial charge in [-0.25, -0.2) is 0 Å². The van der Waals surface area contributed by atoms with Crippen LogP contribution in [0, 0.1) is 5.41 Å². The molecule has 0 saturated heterocycles.